The fourth-order valence-electron chi connectivity index (χ4n) is 3.94. The minimum atomic E-state index is -0.946. The van der Waals surface area contributed by atoms with Crippen molar-refractivity contribution < 1.29 is 18.7 Å². The van der Waals surface area contributed by atoms with Crippen molar-refractivity contribution in [1.82, 2.24) is 15.5 Å². The highest BCUT2D eigenvalue weighted by molar-refractivity contribution is 5.98. The molecule has 0 aliphatic heterocycles. The van der Waals surface area contributed by atoms with Gasteiger partial charge in [0.05, 0.1) is 7.11 Å². The number of esters is 1. The summed E-state index contributed by atoms with van der Waals surface area (Å²) >= 11 is 0. The second-order valence-electron chi connectivity index (χ2n) is 7.94. The Morgan fingerprint density at radius 1 is 0.903 bits per heavy atom. The summed E-state index contributed by atoms with van der Waals surface area (Å²) in [5.41, 5.74) is 2.22. The Hall–Kier alpha value is -3.48. The molecule has 0 spiro atoms. The van der Waals surface area contributed by atoms with Crippen molar-refractivity contribution in [3.05, 3.63) is 59.7 Å². The Labute approximate surface area is 180 Å². The Bertz CT molecular complexity index is 1060. The monoisotopic (exact) mass is 419 g/mol. The van der Waals surface area contributed by atoms with E-state index >= 15 is 0 Å². The van der Waals surface area contributed by atoms with E-state index in [1.807, 2.05) is 31.2 Å². The van der Waals surface area contributed by atoms with Gasteiger partial charge in [-0.05, 0) is 56.2 Å². The molecule has 1 amide bonds. The molecule has 7 heteroatoms. The van der Waals surface area contributed by atoms with Crippen LogP contribution in [0.1, 0.15) is 48.0 Å². The first-order valence-electron chi connectivity index (χ1n) is 10.4. The second-order valence-corrected chi connectivity index (χ2v) is 7.94. The Morgan fingerprint density at radius 3 is 2.00 bits per heavy atom. The number of nitrogens with zero attached hydrogens (tertiary/aromatic N) is 2. The number of carbonyl (C=O) groups is 2. The molecule has 1 N–H and O–H groups in total. The number of hydrogen-bond donors (Lipinski definition) is 1. The van der Waals surface area contributed by atoms with Gasteiger partial charge in [0.2, 0.25) is 11.8 Å². The van der Waals surface area contributed by atoms with Crippen molar-refractivity contribution in [1.29, 1.82) is 0 Å². The number of benzene rings is 2. The summed E-state index contributed by atoms with van der Waals surface area (Å²) in [6, 6.07) is 14.7. The van der Waals surface area contributed by atoms with Crippen molar-refractivity contribution in [2.45, 2.75) is 44.6 Å². The van der Waals surface area contributed by atoms with E-state index in [4.69, 9.17) is 9.15 Å². The molecule has 0 unspecified atom stereocenters. The SMILES string of the molecule is COC(=O)C1(NC(=O)c2ccc(-c3nnc(-c4ccc(C)cc4)o3)cc2)CCCCC1. The molecular weight excluding hydrogens is 394 g/mol. The van der Waals surface area contributed by atoms with Crippen molar-refractivity contribution in [3.63, 3.8) is 0 Å². The highest BCUT2D eigenvalue weighted by Crippen LogP contribution is 2.30. The molecule has 7 nitrogen and oxygen atoms in total. The summed E-state index contributed by atoms with van der Waals surface area (Å²) in [6.07, 6.45) is 4.00. The molecule has 0 radical (unpaired) electrons. The molecule has 1 heterocycles. The van der Waals surface area contributed by atoms with Gasteiger partial charge < -0.3 is 14.5 Å². The minimum Gasteiger partial charge on any atom is -0.467 e. The van der Waals surface area contributed by atoms with Gasteiger partial charge in [0.25, 0.3) is 5.91 Å². The van der Waals surface area contributed by atoms with Gasteiger partial charge in [-0.15, -0.1) is 10.2 Å². The summed E-state index contributed by atoms with van der Waals surface area (Å²) in [5.74, 6) is 0.131. The van der Waals surface area contributed by atoms with E-state index in [0.717, 1.165) is 30.4 Å². The largest absolute Gasteiger partial charge is 0.467 e. The van der Waals surface area contributed by atoms with Crippen LogP contribution in [0.25, 0.3) is 22.9 Å². The van der Waals surface area contributed by atoms with E-state index in [0.29, 0.717) is 35.7 Å². The second kappa shape index (κ2) is 8.71. The minimum absolute atomic E-state index is 0.301. The number of amides is 1. The first-order valence-corrected chi connectivity index (χ1v) is 10.4. The van der Waals surface area contributed by atoms with Crippen LogP contribution in [0.2, 0.25) is 0 Å². The lowest BCUT2D eigenvalue weighted by molar-refractivity contribution is -0.149. The fraction of sp³-hybridized carbons (Fsp3) is 0.333. The summed E-state index contributed by atoms with van der Waals surface area (Å²) in [6.45, 7) is 2.02. The van der Waals surface area contributed by atoms with E-state index in [-0.39, 0.29) is 11.9 Å². The van der Waals surface area contributed by atoms with Crippen LogP contribution in [-0.2, 0) is 9.53 Å². The van der Waals surface area contributed by atoms with Crippen LogP contribution in [-0.4, -0.2) is 34.7 Å². The van der Waals surface area contributed by atoms with Crippen LogP contribution in [0.4, 0.5) is 0 Å². The zero-order chi connectivity index (χ0) is 21.8. The topological polar surface area (TPSA) is 94.3 Å². The zero-order valence-electron chi connectivity index (χ0n) is 17.7. The third-order valence-corrected chi connectivity index (χ3v) is 5.75. The summed E-state index contributed by atoms with van der Waals surface area (Å²) in [4.78, 5) is 25.2. The number of carbonyl (C=O) groups excluding carboxylic acids is 2. The highest BCUT2D eigenvalue weighted by Gasteiger charge is 2.42. The Balaban J connectivity index is 1.49. The molecular formula is C24H25N3O4. The summed E-state index contributed by atoms with van der Waals surface area (Å²) in [7, 11) is 1.36. The predicted molar refractivity (Wildman–Crippen MR) is 115 cm³/mol. The first-order chi connectivity index (χ1) is 15.0. The van der Waals surface area contributed by atoms with E-state index in [1.165, 1.54) is 7.11 Å². The summed E-state index contributed by atoms with van der Waals surface area (Å²) < 4.78 is 10.8. The molecule has 1 aliphatic rings. The molecule has 1 aromatic heterocycles. The average Bonchev–Trinajstić information content (AvgIpc) is 3.30. The molecule has 31 heavy (non-hydrogen) atoms. The van der Waals surface area contributed by atoms with Crippen LogP contribution in [0, 0.1) is 6.92 Å². The van der Waals surface area contributed by atoms with E-state index in [2.05, 4.69) is 15.5 Å². The van der Waals surface area contributed by atoms with Crippen LogP contribution in [0.3, 0.4) is 0 Å². The van der Waals surface area contributed by atoms with E-state index in [1.54, 1.807) is 24.3 Å². The zero-order valence-corrected chi connectivity index (χ0v) is 17.7. The normalized spacial score (nSPS) is 15.3. The number of aromatic nitrogens is 2. The van der Waals surface area contributed by atoms with Crippen molar-refractivity contribution in [3.8, 4) is 22.9 Å². The molecule has 1 aliphatic carbocycles. The number of hydrogen-bond acceptors (Lipinski definition) is 6. The quantitative estimate of drug-likeness (QED) is 0.619. The predicted octanol–water partition coefficient (Wildman–Crippen LogP) is 4.32. The smallest absolute Gasteiger partial charge is 0.331 e. The Morgan fingerprint density at radius 2 is 1.45 bits per heavy atom. The molecule has 0 atom stereocenters. The fourth-order valence-corrected chi connectivity index (χ4v) is 3.94. The van der Waals surface area contributed by atoms with E-state index in [9.17, 15) is 9.59 Å². The lowest BCUT2D eigenvalue weighted by atomic mass is 9.81. The van der Waals surface area contributed by atoms with Crippen LogP contribution < -0.4 is 5.32 Å². The van der Waals surface area contributed by atoms with Crippen LogP contribution in [0.5, 0.6) is 0 Å². The number of rotatable bonds is 5. The standard InChI is InChI=1S/C24H25N3O4/c1-16-6-8-18(9-7-16)21-26-27-22(31-21)19-12-10-17(11-13-19)20(28)25-24(23(29)30-2)14-4-3-5-15-24/h6-13H,3-5,14-15H2,1-2H3,(H,25,28). The molecule has 160 valence electrons. The van der Waals surface area contributed by atoms with Gasteiger partial charge in [0.15, 0.2) is 0 Å². The van der Waals surface area contributed by atoms with Gasteiger partial charge in [0.1, 0.15) is 5.54 Å². The molecule has 0 saturated heterocycles. The van der Waals surface area contributed by atoms with Gasteiger partial charge in [-0.2, -0.15) is 0 Å². The number of nitrogens with one attached hydrogen (secondary N) is 1. The van der Waals surface area contributed by atoms with Crippen LogP contribution >= 0.6 is 0 Å². The maximum atomic E-state index is 12.8. The third-order valence-electron chi connectivity index (χ3n) is 5.75. The molecule has 3 aromatic rings. The molecule has 2 aromatic carbocycles. The molecule has 4 rings (SSSR count). The van der Waals surface area contributed by atoms with Gasteiger partial charge in [-0.25, -0.2) is 4.79 Å². The van der Waals surface area contributed by atoms with Gasteiger partial charge in [-0.1, -0.05) is 37.0 Å². The Kier molecular flexibility index (Phi) is 5.84. The number of methoxy groups -OCH3 is 1. The van der Waals surface area contributed by atoms with Crippen molar-refractivity contribution in [2.75, 3.05) is 7.11 Å². The summed E-state index contributed by atoms with van der Waals surface area (Å²) in [5, 5.41) is 11.2. The van der Waals surface area contributed by atoms with Gasteiger partial charge in [0, 0.05) is 16.7 Å². The average molecular weight is 419 g/mol. The van der Waals surface area contributed by atoms with Gasteiger partial charge >= 0.3 is 5.97 Å². The maximum absolute atomic E-state index is 12.8. The maximum Gasteiger partial charge on any atom is 0.331 e. The highest BCUT2D eigenvalue weighted by atomic mass is 16.5. The van der Waals surface area contributed by atoms with Gasteiger partial charge in [-0.3, -0.25) is 4.79 Å². The third kappa shape index (κ3) is 4.35. The van der Waals surface area contributed by atoms with Crippen LogP contribution in [0.15, 0.2) is 52.9 Å². The number of ether oxygens (including phenoxy) is 1. The van der Waals surface area contributed by atoms with E-state index < -0.39 is 5.54 Å². The van der Waals surface area contributed by atoms with Crippen molar-refractivity contribution >= 4 is 11.9 Å². The molecule has 0 bridgehead atoms. The molecule has 1 saturated carbocycles. The molecule has 1 fully saturated rings. The lowest BCUT2D eigenvalue weighted by Crippen LogP contribution is -2.56. The van der Waals surface area contributed by atoms with Crippen molar-refractivity contribution in [2.24, 2.45) is 0 Å². The number of aryl methyl sites for hydroxylation is 1. The lowest BCUT2D eigenvalue weighted by Gasteiger charge is -2.35. The first kappa shape index (κ1) is 20.8.